The van der Waals surface area contributed by atoms with Crippen molar-refractivity contribution in [2.45, 2.75) is 65.3 Å². The smallest absolute Gasteiger partial charge is 0.227 e. The van der Waals surface area contributed by atoms with Gasteiger partial charge in [0.1, 0.15) is 0 Å². The molecule has 0 unspecified atom stereocenters. The Morgan fingerprint density at radius 3 is 2.36 bits per heavy atom. The minimum Gasteiger partial charge on any atom is -0.287 e. The van der Waals surface area contributed by atoms with Crippen molar-refractivity contribution in [3.05, 3.63) is 65.0 Å². The van der Waals surface area contributed by atoms with E-state index in [2.05, 4.69) is 53.7 Å². The van der Waals surface area contributed by atoms with E-state index in [1.807, 2.05) is 35.2 Å². The van der Waals surface area contributed by atoms with Crippen molar-refractivity contribution >= 4 is 5.78 Å². The van der Waals surface area contributed by atoms with Gasteiger partial charge < -0.3 is 0 Å². The molecule has 1 aromatic carbocycles. The summed E-state index contributed by atoms with van der Waals surface area (Å²) >= 11 is 0. The van der Waals surface area contributed by atoms with Crippen LogP contribution in [0, 0.1) is 12.8 Å². The average Bonchev–Trinajstić information content (AvgIpc) is 2.53. The zero-order valence-electron chi connectivity index (χ0n) is 16.4. The number of ketones is 1. The SMILES string of the molecule is Cc1cc2c(cc1C(=O)C[n+]1ccccc1)C(C)(C)C[C@@H](C)C2(C)C. The summed E-state index contributed by atoms with van der Waals surface area (Å²) in [5.74, 6) is 0.805. The molecule has 132 valence electrons. The molecule has 1 aliphatic rings. The van der Waals surface area contributed by atoms with E-state index >= 15 is 0 Å². The molecule has 0 N–H and O–H groups in total. The van der Waals surface area contributed by atoms with Crippen LogP contribution in [0.15, 0.2) is 42.7 Å². The Labute approximate surface area is 151 Å². The molecule has 3 rings (SSSR count). The lowest BCUT2D eigenvalue weighted by Gasteiger charge is -2.47. The van der Waals surface area contributed by atoms with Crippen molar-refractivity contribution in [1.82, 2.24) is 0 Å². The first-order valence-corrected chi connectivity index (χ1v) is 9.26. The van der Waals surface area contributed by atoms with E-state index in [1.165, 1.54) is 11.1 Å². The zero-order chi connectivity index (χ0) is 18.4. The van der Waals surface area contributed by atoms with Gasteiger partial charge in [-0.25, -0.2) is 0 Å². The van der Waals surface area contributed by atoms with E-state index < -0.39 is 0 Å². The molecule has 0 amide bonds. The Hall–Kier alpha value is -1.96. The minimum atomic E-state index is 0.104. The van der Waals surface area contributed by atoms with E-state index in [-0.39, 0.29) is 16.6 Å². The maximum Gasteiger partial charge on any atom is 0.227 e. The lowest BCUT2D eigenvalue weighted by atomic mass is 9.58. The third-order valence-electron chi connectivity index (χ3n) is 6.24. The van der Waals surface area contributed by atoms with Gasteiger partial charge in [-0.3, -0.25) is 4.79 Å². The van der Waals surface area contributed by atoms with Crippen molar-refractivity contribution in [3.8, 4) is 0 Å². The summed E-state index contributed by atoms with van der Waals surface area (Å²) in [6, 6.07) is 10.3. The monoisotopic (exact) mass is 336 g/mol. The number of benzene rings is 1. The first-order valence-electron chi connectivity index (χ1n) is 9.26. The zero-order valence-corrected chi connectivity index (χ0v) is 16.4. The molecule has 0 aliphatic heterocycles. The number of pyridine rings is 1. The summed E-state index contributed by atoms with van der Waals surface area (Å²) in [7, 11) is 0. The van der Waals surface area contributed by atoms with Gasteiger partial charge in [-0.15, -0.1) is 0 Å². The molecule has 1 aromatic heterocycles. The quantitative estimate of drug-likeness (QED) is 0.585. The summed E-state index contributed by atoms with van der Waals surface area (Å²) in [6.45, 7) is 14.1. The van der Waals surface area contributed by atoms with E-state index in [0.717, 1.165) is 17.5 Å². The van der Waals surface area contributed by atoms with Gasteiger partial charge in [-0.2, -0.15) is 4.57 Å². The van der Waals surface area contributed by atoms with Crippen molar-refractivity contribution in [1.29, 1.82) is 0 Å². The molecule has 1 aliphatic carbocycles. The van der Waals surface area contributed by atoms with Crippen LogP contribution in [-0.4, -0.2) is 5.78 Å². The first kappa shape index (κ1) is 17.8. The maximum absolute atomic E-state index is 12.9. The molecule has 2 aromatic rings. The second-order valence-electron chi connectivity index (χ2n) is 8.89. The highest BCUT2D eigenvalue weighted by Crippen LogP contribution is 2.49. The summed E-state index contributed by atoms with van der Waals surface area (Å²) in [4.78, 5) is 12.9. The summed E-state index contributed by atoms with van der Waals surface area (Å²) in [5.41, 5.74) is 4.98. The number of carbonyl (C=O) groups excluding carboxylic acids is 1. The minimum absolute atomic E-state index is 0.104. The van der Waals surface area contributed by atoms with Crippen molar-refractivity contribution in [2.24, 2.45) is 5.92 Å². The van der Waals surface area contributed by atoms with Crippen LogP contribution in [0.1, 0.15) is 68.1 Å². The Bertz CT molecular complexity index is 802. The third kappa shape index (κ3) is 3.15. The van der Waals surface area contributed by atoms with Gasteiger partial charge in [0, 0.05) is 17.7 Å². The Balaban J connectivity index is 2.05. The van der Waals surface area contributed by atoms with Gasteiger partial charge in [0.05, 0.1) is 0 Å². The van der Waals surface area contributed by atoms with Gasteiger partial charge in [-0.1, -0.05) is 46.8 Å². The second-order valence-corrected chi connectivity index (χ2v) is 8.89. The number of rotatable bonds is 3. The number of hydrogen-bond acceptors (Lipinski definition) is 1. The van der Waals surface area contributed by atoms with Crippen LogP contribution in [0.25, 0.3) is 0 Å². The van der Waals surface area contributed by atoms with Crippen LogP contribution in [0.4, 0.5) is 0 Å². The first-order chi connectivity index (χ1) is 11.6. The number of aryl methyl sites for hydroxylation is 1. The van der Waals surface area contributed by atoms with Gasteiger partial charge in [0.15, 0.2) is 12.4 Å². The molecular formula is C23H30NO+. The van der Waals surface area contributed by atoms with E-state index in [4.69, 9.17) is 0 Å². The predicted molar refractivity (Wildman–Crippen MR) is 102 cm³/mol. The van der Waals surface area contributed by atoms with E-state index in [9.17, 15) is 4.79 Å². The van der Waals surface area contributed by atoms with Gasteiger partial charge in [-0.05, 0) is 52.8 Å². The van der Waals surface area contributed by atoms with Crippen LogP contribution >= 0.6 is 0 Å². The largest absolute Gasteiger partial charge is 0.287 e. The highest BCUT2D eigenvalue weighted by Gasteiger charge is 2.42. The molecule has 0 fully saturated rings. The lowest BCUT2D eigenvalue weighted by molar-refractivity contribution is -0.683. The molecule has 2 nitrogen and oxygen atoms in total. The molecule has 0 bridgehead atoms. The van der Waals surface area contributed by atoms with Crippen LogP contribution in [0.3, 0.4) is 0 Å². The average molecular weight is 336 g/mol. The van der Waals surface area contributed by atoms with Crippen molar-refractivity contribution in [3.63, 3.8) is 0 Å². The fraction of sp³-hybridized carbons (Fsp3) is 0.478. The molecule has 25 heavy (non-hydrogen) atoms. The highest BCUT2D eigenvalue weighted by atomic mass is 16.1. The Morgan fingerprint density at radius 2 is 1.72 bits per heavy atom. The number of fused-ring (bicyclic) bond motifs is 1. The Morgan fingerprint density at radius 1 is 1.08 bits per heavy atom. The number of hydrogen-bond donors (Lipinski definition) is 0. The van der Waals surface area contributed by atoms with Crippen molar-refractivity contribution < 1.29 is 9.36 Å². The molecular weight excluding hydrogens is 306 g/mol. The molecule has 0 saturated heterocycles. The van der Waals surface area contributed by atoms with Crippen molar-refractivity contribution in [2.75, 3.05) is 0 Å². The molecule has 1 heterocycles. The Kier molecular flexibility index (Phi) is 4.35. The number of carbonyl (C=O) groups is 1. The molecule has 0 radical (unpaired) electrons. The highest BCUT2D eigenvalue weighted by molar-refractivity contribution is 5.97. The normalized spacial score (nSPS) is 20.8. The number of aromatic nitrogens is 1. The standard InChI is InChI=1S/C23H30NO/c1-16-12-20-19(22(3,4)14-17(2)23(20,5)6)13-18(16)21(25)15-24-10-8-7-9-11-24/h7-13,17H,14-15H2,1-6H3/q+1/t17-/m1/s1. The summed E-state index contributed by atoms with van der Waals surface area (Å²) < 4.78 is 1.94. The predicted octanol–water partition coefficient (Wildman–Crippen LogP) is 4.76. The molecule has 2 heteroatoms. The number of nitrogens with zero attached hydrogens (tertiary/aromatic N) is 1. The summed E-state index contributed by atoms with van der Waals surface area (Å²) in [5, 5.41) is 0. The molecule has 0 saturated carbocycles. The number of Topliss-reactive ketones (excluding diaryl/α,β-unsaturated/α-hetero) is 1. The van der Waals surface area contributed by atoms with Gasteiger partial charge in [0.2, 0.25) is 12.3 Å². The van der Waals surface area contributed by atoms with Gasteiger partial charge >= 0.3 is 0 Å². The maximum atomic E-state index is 12.9. The fourth-order valence-corrected chi connectivity index (χ4v) is 4.29. The van der Waals surface area contributed by atoms with Gasteiger partial charge in [0.25, 0.3) is 0 Å². The molecule has 1 atom stereocenters. The second kappa shape index (κ2) is 6.09. The van der Waals surface area contributed by atoms with Crippen LogP contribution in [0.2, 0.25) is 0 Å². The topological polar surface area (TPSA) is 20.9 Å². The van der Waals surface area contributed by atoms with Crippen LogP contribution in [0.5, 0.6) is 0 Å². The summed E-state index contributed by atoms with van der Waals surface area (Å²) in [6.07, 6.45) is 5.04. The van der Waals surface area contributed by atoms with E-state index in [1.54, 1.807) is 0 Å². The van der Waals surface area contributed by atoms with Crippen LogP contribution < -0.4 is 4.57 Å². The lowest BCUT2D eigenvalue weighted by Crippen LogP contribution is -2.41. The van der Waals surface area contributed by atoms with E-state index in [0.29, 0.717) is 12.5 Å². The fourth-order valence-electron chi connectivity index (χ4n) is 4.29. The third-order valence-corrected chi connectivity index (χ3v) is 6.24. The van der Waals surface area contributed by atoms with Crippen LogP contribution in [-0.2, 0) is 17.4 Å². The molecule has 0 spiro atoms.